The summed E-state index contributed by atoms with van der Waals surface area (Å²) >= 11 is 0. The lowest BCUT2D eigenvalue weighted by Crippen LogP contribution is -2.27. The topological polar surface area (TPSA) is 122 Å². The summed E-state index contributed by atoms with van der Waals surface area (Å²) in [6.07, 6.45) is 9.56. The van der Waals surface area contributed by atoms with Crippen LogP contribution in [0.3, 0.4) is 0 Å². The van der Waals surface area contributed by atoms with Crippen LogP contribution in [0.1, 0.15) is 60.9 Å². The molecule has 10 nitrogen and oxygen atoms in total. The maximum Gasteiger partial charge on any atom is 0.251 e. The van der Waals surface area contributed by atoms with Gasteiger partial charge in [0, 0.05) is 31.2 Å². The van der Waals surface area contributed by atoms with Crippen LogP contribution in [0.2, 0.25) is 0 Å². The zero-order valence-electron chi connectivity index (χ0n) is 24.5. The van der Waals surface area contributed by atoms with Crippen molar-refractivity contribution in [3.8, 4) is 0 Å². The lowest BCUT2D eigenvalue weighted by Gasteiger charge is -2.21. The minimum atomic E-state index is -0.0996. The van der Waals surface area contributed by atoms with Crippen molar-refractivity contribution in [2.24, 2.45) is 0 Å². The molecule has 0 saturated heterocycles. The van der Waals surface area contributed by atoms with Crippen molar-refractivity contribution in [2.75, 3.05) is 62.0 Å². The first-order valence-electron chi connectivity index (χ1n) is 15.3. The van der Waals surface area contributed by atoms with Crippen LogP contribution in [0, 0.1) is 0 Å². The molecule has 0 aliphatic heterocycles. The van der Waals surface area contributed by atoms with E-state index in [4.69, 9.17) is 9.47 Å². The van der Waals surface area contributed by atoms with Crippen molar-refractivity contribution in [3.05, 3.63) is 71.8 Å². The number of aromatic nitrogens is 3. The van der Waals surface area contributed by atoms with Crippen LogP contribution >= 0.6 is 0 Å². The van der Waals surface area contributed by atoms with Gasteiger partial charge in [0.25, 0.3) is 5.91 Å². The number of rotatable bonds is 17. The fraction of sp³-hybridized carbons (Fsp3) is 0.500. The molecule has 3 aromatic rings. The fourth-order valence-electron chi connectivity index (χ4n) is 4.83. The SMILES string of the molecule is O=C(NCCOCCOCCNc1nc(NCCc2ccccc2)nc(NC2CCCCCCC2)n1)c1ccccc1. The van der Waals surface area contributed by atoms with E-state index in [9.17, 15) is 4.79 Å². The first kappa shape index (κ1) is 31.2. The zero-order valence-corrected chi connectivity index (χ0v) is 24.5. The van der Waals surface area contributed by atoms with Gasteiger partial charge in [-0.1, -0.05) is 80.6 Å². The van der Waals surface area contributed by atoms with E-state index in [1.165, 1.54) is 37.7 Å². The quantitative estimate of drug-likeness (QED) is 0.166. The van der Waals surface area contributed by atoms with E-state index in [-0.39, 0.29) is 5.91 Å². The van der Waals surface area contributed by atoms with Crippen molar-refractivity contribution in [1.29, 1.82) is 0 Å². The first-order chi connectivity index (χ1) is 20.8. The van der Waals surface area contributed by atoms with Crippen LogP contribution in [0.25, 0.3) is 0 Å². The van der Waals surface area contributed by atoms with Crippen LogP contribution in [0.4, 0.5) is 17.8 Å². The molecule has 0 atom stereocenters. The molecule has 0 bridgehead atoms. The number of carbonyl (C=O) groups excluding carboxylic acids is 1. The smallest absolute Gasteiger partial charge is 0.251 e. The number of hydrogen-bond acceptors (Lipinski definition) is 9. The van der Waals surface area contributed by atoms with Gasteiger partial charge in [0.05, 0.1) is 26.4 Å². The van der Waals surface area contributed by atoms with Gasteiger partial charge in [0.1, 0.15) is 0 Å². The molecule has 0 unspecified atom stereocenters. The molecule has 0 radical (unpaired) electrons. The van der Waals surface area contributed by atoms with E-state index in [0.717, 1.165) is 25.8 Å². The van der Waals surface area contributed by atoms with E-state index in [1.54, 1.807) is 12.1 Å². The molecule has 1 aliphatic carbocycles. The summed E-state index contributed by atoms with van der Waals surface area (Å²) in [6.45, 7) is 3.58. The standard InChI is InChI=1S/C32H45N7O3/c40-29(27-14-8-5-9-15-27)33-20-22-41-24-25-42-23-21-35-31-37-30(34-19-18-26-12-6-4-7-13-26)38-32(39-31)36-28-16-10-2-1-3-11-17-28/h4-9,12-15,28H,1-3,10-11,16-25H2,(H,33,40)(H3,34,35,36,37,38,39). The maximum absolute atomic E-state index is 12.0. The highest BCUT2D eigenvalue weighted by molar-refractivity contribution is 5.94. The predicted octanol–water partition coefficient (Wildman–Crippen LogP) is 4.93. The third-order valence-corrected chi connectivity index (χ3v) is 7.08. The Balaban J connectivity index is 1.16. The Labute approximate surface area is 249 Å². The second-order valence-corrected chi connectivity index (χ2v) is 10.4. The van der Waals surface area contributed by atoms with E-state index in [0.29, 0.717) is 69.0 Å². The molecule has 1 aliphatic rings. The molecule has 1 saturated carbocycles. The molecule has 1 fully saturated rings. The summed E-state index contributed by atoms with van der Waals surface area (Å²) < 4.78 is 11.3. The molecule has 226 valence electrons. The van der Waals surface area contributed by atoms with E-state index >= 15 is 0 Å². The third-order valence-electron chi connectivity index (χ3n) is 7.08. The van der Waals surface area contributed by atoms with Gasteiger partial charge in [-0.05, 0) is 37.0 Å². The van der Waals surface area contributed by atoms with Crippen molar-refractivity contribution >= 4 is 23.8 Å². The van der Waals surface area contributed by atoms with Gasteiger partial charge < -0.3 is 30.7 Å². The van der Waals surface area contributed by atoms with Gasteiger partial charge in [0.2, 0.25) is 17.8 Å². The highest BCUT2D eigenvalue weighted by Gasteiger charge is 2.14. The Morgan fingerprint density at radius 3 is 1.93 bits per heavy atom. The average Bonchev–Trinajstić information content (AvgIpc) is 3.00. The predicted molar refractivity (Wildman–Crippen MR) is 167 cm³/mol. The monoisotopic (exact) mass is 575 g/mol. The van der Waals surface area contributed by atoms with Gasteiger partial charge in [-0.3, -0.25) is 4.79 Å². The molecule has 0 spiro atoms. The maximum atomic E-state index is 12.0. The highest BCUT2D eigenvalue weighted by atomic mass is 16.5. The van der Waals surface area contributed by atoms with Crippen LogP contribution in [0.5, 0.6) is 0 Å². The lowest BCUT2D eigenvalue weighted by atomic mass is 9.97. The number of carbonyl (C=O) groups is 1. The van der Waals surface area contributed by atoms with Gasteiger partial charge in [-0.15, -0.1) is 0 Å². The Bertz CT molecular complexity index is 1160. The molecule has 1 heterocycles. The third kappa shape index (κ3) is 12.0. The minimum absolute atomic E-state index is 0.0996. The lowest BCUT2D eigenvalue weighted by molar-refractivity contribution is 0.0519. The zero-order chi connectivity index (χ0) is 29.1. The van der Waals surface area contributed by atoms with Gasteiger partial charge in [-0.2, -0.15) is 15.0 Å². The summed E-state index contributed by atoms with van der Waals surface area (Å²) in [5, 5.41) is 13.1. The average molecular weight is 576 g/mol. The number of amides is 1. The molecule has 10 heteroatoms. The van der Waals surface area contributed by atoms with Crippen molar-refractivity contribution < 1.29 is 14.3 Å². The Kier molecular flexibility index (Phi) is 13.8. The normalized spacial score (nSPS) is 14.0. The van der Waals surface area contributed by atoms with Crippen molar-refractivity contribution in [1.82, 2.24) is 20.3 Å². The summed E-state index contributed by atoms with van der Waals surface area (Å²) in [4.78, 5) is 26.0. The van der Waals surface area contributed by atoms with E-state index in [2.05, 4.69) is 60.5 Å². The molecule has 42 heavy (non-hydrogen) atoms. The van der Waals surface area contributed by atoms with E-state index < -0.39 is 0 Å². The first-order valence-corrected chi connectivity index (χ1v) is 15.3. The minimum Gasteiger partial charge on any atom is -0.377 e. The van der Waals surface area contributed by atoms with Gasteiger partial charge in [0.15, 0.2) is 0 Å². The van der Waals surface area contributed by atoms with Crippen LogP contribution in [-0.2, 0) is 15.9 Å². The van der Waals surface area contributed by atoms with Crippen molar-refractivity contribution in [3.63, 3.8) is 0 Å². The number of nitrogens with one attached hydrogen (secondary N) is 4. The Morgan fingerprint density at radius 1 is 0.667 bits per heavy atom. The van der Waals surface area contributed by atoms with Crippen LogP contribution in [0.15, 0.2) is 60.7 Å². The van der Waals surface area contributed by atoms with E-state index in [1.807, 2.05) is 24.3 Å². The number of nitrogens with zero attached hydrogens (tertiary/aromatic N) is 3. The molecule has 2 aromatic carbocycles. The molecular formula is C32H45N7O3. The number of benzene rings is 2. The summed E-state index contributed by atoms with van der Waals surface area (Å²) in [5.74, 6) is 1.59. The second-order valence-electron chi connectivity index (χ2n) is 10.4. The summed E-state index contributed by atoms with van der Waals surface area (Å²) in [6, 6.07) is 19.9. The molecule has 1 amide bonds. The highest BCUT2D eigenvalue weighted by Crippen LogP contribution is 2.20. The Morgan fingerprint density at radius 2 is 1.24 bits per heavy atom. The van der Waals surface area contributed by atoms with Crippen LogP contribution < -0.4 is 21.3 Å². The summed E-state index contributed by atoms with van der Waals surface area (Å²) in [5.41, 5.74) is 1.91. The fourth-order valence-corrected chi connectivity index (χ4v) is 4.83. The summed E-state index contributed by atoms with van der Waals surface area (Å²) in [7, 11) is 0. The Hall–Kier alpha value is -3.76. The van der Waals surface area contributed by atoms with Gasteiger partial charge >= 0.3 is 0 Å². The molecule has 1 aromatic heterocycles. The molecular weight excluding hydrogens is 530 g/mol. The second kappa shape index (κ2) is 18.6. The number of ether oxygens (including phenoxy) is 2. The van der Waals surface area contributed by atoms with Crippen molar-refractivity contribution in [2.45, 2.75) is 57.4 Å². The number of anilines is 3. The molecule has 4 rings (SSSR count). The van der Waals surface area contributed by atoms with Gasteiger partial charge in [-0.25, -0.2) is 0 Å². The van der Waals surface area contributed by atoms with Crippen LogP contribution in [-0.4, -0.2) is 73.0 Å². The number of hydrogen-bond donors (Lipinski definition) is 4. The largest absolute Gasteiger partial charge is 0.377 e. The molecule has 4 N–H and O–H groups in total.